The maximum Gasteiger partial charge on any atom is 0.335 e. The van der Waals surface area contributed by atoms with Gasteiger partial charge >= 0.3 is 5.97 Å². The van der Waals surface area contributed by atoms with Gasteiger partial charge in [0.1, 0.15) is 41.6 Å². The van der Waals surface area contributed by atoms with Crippen LogP contribution in [0.2, 0.25) is 0 Å². The number of hydrogen-bond acceptors (Lipinski definition) is 17. The summed E-state index contributed by atoms with van der Waals surface area (Å²) in [5, 5.41) is 53.4. The second kappa shape index (κ2) is 28.1. The molecule has 6 atom stereocenters. The quantitative estimate of drug-likeness (QED) is 0.0157. The van der Waals surface area contributed by atoms with Crippen molar-refractivity contribution in [3.63, 3.8) is 0 Å². The van der Waals surface area contributed by atoms with Crippen molar-refractivity contribution in [3.8, 4) is 5.75 Å². The van der Waals surface area contributed by atoms with Crippen LogP contribution in [0.3, 0.4) is 0 Å². The molecule has 2 aromatic heterocycles. The Morgan fingerprint density at radius 2 is 1.22 bits per heavy atom. The lowest BCUT2D eigenvalue weighted by molar-refractivity contribution is -0.921. The van der Waals surface area contributed by atoms with E-state index < -0.39 is 42.6 Å². The third-order valence-electron chi connectivity index (χ3n) is 15.6. The average Bonchev–Trinajstić information content (AvgIpc) is 1.66. The summed E-state index contributed by atoms with van der Waals surface area (Å²) in [5.41, 5.74) is 8.50. The molecule has 0 bridgehead atoms. The summed E-state index contributed by atoms with van der Waals surface area (Å²) in [6, 6.07) is 27.0. The molecule has 6 amide bonds. The van der Waals surface area contributed by atoms with Crippen LogP contribution in [0, 0.1) is 13.8 Å². The number of aliphatic hydroxyl groups excluding tert-OH is 3. The van der Waals surface area contributed by atoms with Crippen LogP contribution in [0.25, 0.3) is 44.1 Å². The molecule has 9 rings (SSSR count). The number of aliphatic carboxylic acids is 1. The Bertz CT molecular complexity index is 3770. The molecule has 4 heterocycles. The normalized spacial score (nSPS) is 18.3. The van der Waals surface area contributed by atoms with Gasteiger partial charge in [-0.15, -0.1) is 0 Å². The predicted molar refractivity (Wildman–Crippen MR) is 322 cm³/mol. The number of imide groups is 1. The number of benzene rings is 5. The molecule has 1 unspecified atom stereocenters. The van der Waals surface area contributed by atoms with Crippen LogP contribution in [-0.2, 0) is 35.3 Å². The fraction of sp³-hybridized carbons (Fsp3) is 0.381. The van der Waals surface area contributed by atoms with Gasteiger partial charge in [0.05, 0.1) is 76.6 Å². The van der Waals surface area contributed by atoms with Crippen molar-refractivity contribution in [2.75, 3.05) is 71.8 Å². The molecule has 2 aliphatic rings. The van der Waals surface area contributed by atoms with E-state index in [4.69, 9.17) is 29.4 Å². The van der Waals surface area contributed by atoms with Crippen molar-refractivity contribution in [1.82, 2.24) is 45.7 Å². The zero-order valence-electron chi connectivity index (χ0n) is 48.9. The SMILES string of the molecule is Cc1cccc2nc3cccc(C(=O)NCCN(C)CCC[N+](C)(CCNC(=O)c4cccc5nc6cccc(C)c6nc45)Cc4ccc(O[C@@H]5O[C@H](C(=O)O)[C@@H](O)[C@@H](O)[C@@H]5O)c(NC(=O)CCNC(=O)CCCCCN5C(=O)C=CC5=O)c4)c3nc12. The Balaban J connectivity index is 0.886. The number of aryl methyl sites for hydroxylation is 2. The number of likely N-dealkylation sites (N-methyl/N-ethyl adjacent to an activating group) is 2. The zero-order chi connectivity index (χ0) is 61.9. The summed E-state index contributed by atoms with van der Waals surface area (Å²) in [5.74, 6) is -3.89. The number of carbonyl (C=O) groups excluding carboxylic acids is 6. The number of amides is 6. The zero-order valence-corrected chi connectivity index (χ0v) is 48.9. The number of carbonyl (C=O) groups is 7. The number of fused-ring (bicyclic) bond motifs is 4. The Kier molecular flexibility index (Phi) is 20.2. The lowest BCUT2D eigenvalue weighted by atomic mass is 9.99. The van der Waals surface area contributed by atoms with E-state index in [-0.39, 0.29) is 73.4 Å². The first kappa shape index (κ1) is 62.6. The minimum Gasteiger partial charge on any atom is -0.479 e. The second-order valence-electron chi connectivity index (χ2n) is 22.4. The highest BCUT2D eigenvalue weighted by Gasteiger charge is 2.48. The van der Waals surface area contributed by atoms with Crippen molar-refractivity contribution in [3.05, 3.63) is 131 Å². The average molecular weight is 1190 g/mol. The fourth-order valence-electron chi connectivity index (χ4n) is 10.8. The van der Waals surface area contributed by atoms with E-state index in [0.717, 1.165) is 27.1 Å². The maximum absolute atomic E-state index is 14.1. The van der Waals surface area contributed by atoms with Crippen LogP contribution in [0.15, 0.2) is 103 Å². The fourth-order valence-corrected chi connectivity index (χ4v) is 10.8. The van der Waals surface area contributed by atoms with Gasteiger partial charge in [-0.25, -0.2) is 24.7 Å². The first-order valence-corrected chi connectivity index (χ1v) is 29.0. The summed E-state index contributed by atoms with van der Waals surface area (Å²) in [7, 11) is 3.99. The molecular formula is C63H72N11O13+. The highest BCUT2D eigenvalue weighted by Crippen LogP contribution is 2.33. The largest absolute Gasteiger partial charge is 0.479 e. The van der Waals surface area contributed by atoms with Crippen LogP contribution in [0.5, 0.6) is 5.75 Å². The molecule has 0 spiro atoms. The number of carboxylic acids is 1. The third-order valence-corrected chi connectivity index (χ3v) is 15.6. The lowest BCUT2D eigenvalue weighted by Gasteiger charge is -2.38. The van der Waals surface area contributed by atoms with Gasteiger partial charge in [-0.2, -0.15) is 0 Å². The van der Waals surface area contributed by atoms with Gasteiger partial charge in [0.25, 0.3) is 23.6 Å². The molecule has 1 saturated heterocycles. The van der Waals surface area contributed by atoms with E-state index in [1.807, 2.05) is 76.5 Å². The molecule has 24 nitrogen and oxygen atoms in total. The van der Waals surface area contributed by atoms with E-state index in [1.54, 1.807) is 36.4 Å². The van der Waals surface area contributed by atoms with Gasteiger partial charge in [0.15, 0.2) is 6.10 Å². The summed E-state index contributed by atoms with van der Waals surface area (Å²) in [4.78, 5) is 112. The van der Waals surface area contributed by atoms with Gasteiger partial charge in [0, 0.05) is 69.7 Å². The minimum atomic E-state index is -1.98. The van der Waals surface area contributed by atoms with E-state index in [1.165, 1.54) is 18.2 Å². The lowest BCUT2D eigenvalue weighted by Crippen LogP contribution is -2.61. The smallest absolute Gasteiger partial charge is 0.335 e. The van der Waals surface area contributed by atoms with Crippen LogP contribution < -0.4 is 26.0 Å². The van der Waals surface area contributed by atoms with E-state index >= 15 is 0 Å². The Labute approximate surface area is 501 Å². The highest BCUT2D eigenvalue weighted by molar-refractivity contribution is 6.13. The molecule has 0 radical (unpaired) electrons. The number of ether oxygens (including phenoxy) is 2. The topological polar surface area (TPSA) is 325 Å². The number of aliphatic hydroxyl groups is 3. The summed E-state index contributed by atoms with van der Waals surface area (Å²) < 4.78 is 11.8. The number of quaternary nitrogens is 1. The first-order valence-electron chi connectivity index (χ1n) is 29.0. The molecule has 8 N–H and O–H groups in total. The van der Waals surface area contributed by atoms with Crippen LogP contribution >= 0.6 is 0 Å². The summed E-state index contributed by atoms with van der Waals surface area (Å²) in [6.45, 7) is 7.14. The second-order valence-corrected chi connectivity index (χ2v) is 22.4. The molecule has 2 aliphatic heterocycles. The molecule has 87 heavy (non-hydrogen) atoms. The van der Waals surface area contributed by atoms with Gasteiger partial charge < -0.3 is 60.5 Å². The van der Waals surface area contributed by atoms with E-state index in [0.29, 0.717) is 119 Å². The number of rotatable bonds is 27. The monoisotopic (exact) mass is 1190 g/mol. The third kappa shape index (κ3) is 15.4. The van der Waals surface area contributed by atoms with Crippen LogP contribution in [-0.4, -0.2) is 193 Å². The van der Waals surface area contributed by atoms with Crippen molar-refractivity contribution in [2.24, 2.45) is 0 Å². The van der Waals surface area contributed by atoms with Crippen molar-refractivity contribution >= 4 is 91.2 Å². The maximum atomic E-state index is 14.1. The van der Waals surface area contributed by atoms with E-state index in [9.17, 15) is 54.0 Å². The minimum absolute atomic E-state index is 0.0440. The standard InChI is InChI=1S/C63H71N11O13/c1-37-13-8-17-42-52(37)70-54-40(15-10-19-44(54)67-42)60(82)65-28-32-72(3)30-12-33-74(4,34-29-66-61(83)41-16-11-20-45-55(41)71-53-38(2)14-9-18-43(53)68-45)36-39-22-23-47(86-63-58(81)56(79)57(80)59(87-63)62(84)85)46(35-39)69-49(76)26-27-64-48(75)21-6-5-7-31-73-50(77)24-25-51(73)78/h8-11,13-20,22-25,35,56-59,63,79-81H,5-7,12,21,26-34,36H2,1-4H3,(H4-,64,65,66,69,75,76,82,83,84,85)/p+1/t56-,57+,58+,59+,63-,74?/m1/s1. The van der Waals surface area contributed by atoms with Gasteiger partial charge in [-0.3, -0.25) is 33.7 Å². The molecule has 0 saturated carbocycles. The number of nitrogens with zero attached hydrogens (tertiary/aromatic N) is 7. The molecule has 24 heteroatoms. The Morgan fingerprint density at radius 1 is 0.632 bits per heavy atom. The van der Waals surface area contributed by atoms with E-state index in [2.05, 4.69) is 26.2 Å². The Morgan fingerprint density at radius 3 is 1.83 bits per heavy atom. The predicted octanol–water partition coefficient (Wildman–Crippen LogP) is 3.83. The number of aromatic nitrogens is 4. The Hall–Kier alpha value is -8.91. The van der Waals surface area contributed by atoms with Crippen molar-refractivity contribution in [2.45, 2.75) is 89.6 Å². The molecule has 1 fully saturated rings. The molecular weight excluding hydrogens is 1120 g/mol. The number of para-hydroxylation sites is 4. The van der Waals surface area contributed by atoms with Gasteiger partial charge in [0.2, 0.25) is 18.1 Å². The first-order chi connectivity index (χ1) is 41.7. The highest BCUT2D eigenvalue weighted by atomic mass is 16.7. The number of hydrogen-bond donors (Lipinski definition) is 8. The van der Waals surface area contributed by atoms with Crippen molar-refractivity contribution < 1.29 is 67.9 Å². The molecule has 0 aliphatic carbocycles. The van der Waals surface area contributed by atoms with Crippen LogP contribution in [0.1, 0.15) is 75.9 Å². The van der Waals surface area contributed by atoms with Crippen LogP contribution in [0.4, 0.5) is 5.69 Å². The summed E-state index contributed by atoms with van der Waals surface area (Å²) in [6.07, 6.45) is -4.97. The van der Waals surface area contributed by atoms with Gasteiger partial charge in [-0.05, 0) is 99.5 Å². The number of anilines is 1. The number of nitrogens with one attached hydrogen (secondary N) is 4. The molecule has 5 aromatic carbocycles. The van der Waals surface area contributed by atoms with Gasteiger partial charge in [-0.1, -0.05) is 42.8 Å². The number of carboxylic acid groups (broad SMARTS) is 1. The summed E-state index contributed by atoms with van der Waals surface area (Å²) >= 11 is 0. The number of unbranched alkanes of at least 4 members (excludes halogenated alkanes) is 2. The van der Waals surface area contributed by atoms with Crippen molar-refractivity contribution in [1.29, 1.82) is 0 Å². The molecule has 7 aromatic rings. The molecule has 456 valence electrons.